The standard InChI is InChI=1S/C11H18N4OS.2ClH/c1-9(16)13-11-14-10(8-17-11)7-15-5-2-3-12-4-6-15;;/h8,12H,2-7H2,1H3,(H,13,14,16);2*1H. The Morgan fingerprint density at radius 1 is 1.47 bits per heavy atom. The number of carbonyl (C=O) groups excluding carboxylic acids is 1. The number of rotatable bonds is 3. The first-order chi connectivity index (χ1) is 8.24. The van der Waals surface area contributed by atoms with Gasteiger partial charge in [-0.1, -0.05) is 0 Å². The van der Waals surface area contributed by atoms with Crippen LogP contribution in [0.25, 0.3) is 0 Å². The van der Waals surface area contributed by atoms with Gasteiger partial charge in [-0.25, -0.2) is 4.98 Å². The Morgan fingerprint density at radius 3 is 3.00 bits per heavy atom. The van der Waals surface area contributed by atoms with E-state index in [0.717, 1.165) is 38.4 Å². The van der Waals surface area contributed by atoms with Crippen molar-refractivity contribution in [2.75, 3.05) is 31.5 Å². The Morgan fingerprint density at radius 2 is 2.26 bits per heavy atom. The number of amides is 1. The fourth-order valence-corrected chi connectivity index (χ4v) is 2.62. The van der Waals surface area contributed by atoms with E-state index in [1.54, 1.807) is 0 Å². The van der Waals surface area contributed by atoms with Gasteiger partial charge in [0.25, 0.3) is 0 Å². The van der Waals surface area contributed by atoms with E-state index in [-0.39, 0.29) is 30.7 Å². The highest BCUT2D eigenvalue weighted by Gasteiger charge is 2.11. The Kier molecular flexibility index (Phi) is 9.30. The van der Waals surface area contributed by atoms with Crippen molar-refractivity contribution in [2.45, 2.75) is 19.9 Å². The quantitative estimate of drug-likeness (QED) is 0.888. The van der Waals surface area contributed by atoms with Crippen LogP contribution < -0.4 is 10.6 Å². The number of nitrogens with zero attached hydrogens (tertiary/aromatic N) is 2. The Bertz CT molecular complexity index is 381. The van der Waals surface area contributed by atoms with Crippen molar-refractivity contribution < 1.29 is 4.79 Å². The molecule has 0 atom stereocenters. The summed E-state index contributed by atoms with van der Waals surface area (Å²) in [4.78, 5) is 17.7. The van der Waals surface area contributed by atoms with Crippen molar-refractivity contribution >= 4 is 47.2 Å². The summed E-state index contributed by atoms with van der Waals surface area (Å²) in [5, 5.41) is 8.80. The van der Waals surface area contributed by atoms with Crippen molar-refractivity contribution in [1.29, 1.82) is 0 Å². The lowest BCUT2D eigenvalue weighted by atomic mass is 10.3. The van der Waals surface area contributed by atoms with E-state index < -0.39 is 0 Å². The molecule has 0 bridgehead atoms. The van der Waals surface area contributed by atoms with Crippen LogP contribution in [0, 0.1) is 0 Å². The summed E-state index contributed by atoms with van der Waals surface area (Å²) >= 11 is 1.49. The van der Waals surface area contributed by atoms with Crippen molar-refractivity contribution in [2.24, 2.45) is 0 Å². The molecule has 1 saturated heterocycles. The summed E-state index contributed by atoms with van der Waals surface area (Å²) in [5.41, 5.74) is 1.04. The molecule has 1 aliphatic rings. The van der Waals surface area contributed by atoms with E-state index in [4.69, 9.17) is 0 Å². The normalized spacial score (nSPS) is 15.8. The third-order valence-electron chi connectivity index (χ3n) is 2.65. The molecule has 1 amide bonds. The number of hydrogen-bond donors (Lipinski definition) is 2. The molecule has 0 saturated carbocycles. The maximum Gasteiger partial charge on any atom is 0.223 e. The molecule has 2 rings (SSSR count). The van der Waals surface area contributed by atoms with Crippen molar-refractivity contribution in [1.82, 2.24) is 15.2 Å². The minimum atomic E-state index is -0.0649. The van der Waals surface area contributed by atoms with Crippen LogP contribution in [0.3, 0.4) is 0 Å². The van der Waals surface area contributed by atoms with Crippen LogP contribution in [0.15, 0.2) is 5.38 Å². The van der Waals surface area contributed by atoms with E-state index in [1.165, 1.54) is 24.7 Å². The van der Waals surface area contributed by atoms with E-state index in [1.807, 2.05) is 5.38 Å². The zero-order valence-corrected chi connectivity index (χ0v) is 13.3. The second kappa shape index (κ2) is 9.50. The van der Waals surface area contributed by atoms with Crippen LogP contribution >= 0.6 is 36.2 Å². The number of anilines is 1. The highest BCUT2D eigenvalue weighted by molar-refractivity contribution is 7.13. The molecule has 1 aromatic heterocycles. The van der Waals surface area contributed by atoms with E-state index in [0.29, 0.717) is 5.13 Å². The first-order valence-corrected chi connectivity index (χ1v) is 6.77. The monoisotopic (exact) mass is 326 g/mol. The van der Waals surface area contributed by atoms with Gasteiger partial charge in [0.1, 0.15) is 0 Å². The minimum Gasteiger partial charge on any atom is -0.315 e. The van der Waals surface area contributed by atoms with Gasteiger partial charge in [0, 0.05) is 31.9 Å². The average Bonchev–Trinajstić information content (AvgIpc) is 2.54. The fourth-order valence-electron chi connectivity index (χ4n) is 1.88. The van der Waals surface area contributed by atoms with E-state index in [9.17, 15) is 4.79 Å². The molecule has 0 aliphatic carbocycles. The summed E-state index contributed by atoms with van der Waals surface area (Å²) < 4.78 is 0. The van der Waals surface area contributed by atoms with Gasteiger partial charge in [0.2, 0.25) is 5.91 Å². The number of thiazole rings is 1. The maximum absolute atomic E-state index is 10.9. The van der Waals surface area contributed by atoms with Crippen molar-refractivity contribution in [3.8, 4) is 0 Å². The predicted molar refractivity (Wildman–Crippen MR) is 83.7 cm³/mol. The topological polar surface area (TPSA) is 57.3 Å². The van der Waals surface area contributed by atoms with Gasteiger partial charge in [-0.2, -0.15) is 0 Å². The number of aromatic nitrogens is 1. The molecule has 1 fully saturated rings. The predicted octanol–water partition coefficient (Wildman–Crippen LogP) is 1.74. The van der Waals surface area contributed by atoms with Crippen LogP contribution in [0.2, 0.25) is 0 Å². The first-order valence-electron chi connectivity index (χ1n) is 5.89. The van der Waals surface area contributed by atoms with Gasteiger partial charge < -0.3 is 10.6 Å². The molecule has 0 unspecified atom stereocenters. The zero-order valence-electron chi connectivity index (χ0n) is 10.8. The van der Waals surface area contributed by atoms with Crippen molar-refractivity contribution in [3.63, 3.8) is 0 Å². The SMILES string of the molecule is CC(=O)Nc1nc(CN2CCCNCC2)cs1.Cl.Cl. The third kappa shape index (κ3) is 6.54. The fraction of sp³-hybridized carbons (Fsp3) is 0.636. The van der Waals surface area contributed by atoms with Crippen LogP contribution in [-0.4, -0.2) is 42.0 Å². The highest BCUT2D eigenvalue weighted by atomic mass is 35.5. The lowest BCUT2D eigenvalue weighted by molar-refractivity contribution is -0.114. The highest BCUT2D eigenvalue weighted by Crippen LogP contribution is 2.16. The molecule has 19 heavy (non-hydrogen) atoms. The maximum atomic E-state index is 10.9. The molecular weight excluding hydrogens is 307 g/mol. The van der Waals surface area contributed by atoms with Crippen LogP contribution in [0.5, 0.6) is 0 Å². The molecule has 110 valence electrons. The van der Waals surface area contributed by atoms with Gasteiger partial charge in [0.15, 0.2) is 5.13 Å². The molecular formula is C11H20Cl2N4OS. The molecule has 0 aromatic carbocycles. The summed E-state index contributed by atoms with van der Waals surface area (Å²) in [6.45, 7) is 6.69. The number of carbonyl (C=O) groups is 1. The molecule has 8 heteroatoms. The second-order valence-electron chi connectivity index (χ2n) is 4.20. The second-order valence-corrected chi connectivity index (χ2v) is 5.06. The molecule has 0 spiro atoms. The van der Waals surface area contributed by atoms with Crippen LogP contribution in [0.1, 0.15) is 19.0 Å². The summed E-state index contributed by atoms with van der Waals surface area (Å²) in [6, 6.07) is 0. The molecule has 1 aliphatic heterocycles. The molecule has 2 heterocycles. The Balaban J connectivity index is 0.00000162. The number of halogens is 2. The zero-order chi connectivity index (χ0) is 12.1. The minimum absolute atomic E-state index is 0. The van der Waals surface area contributed by atoms with Crippen LogP contribution in [-0.2, 0) is 11.3 Å². The van der Waals surface area contributed by atoms with Crippen LogP contribution in [0.4, 0.5) is 5.13 Å². The summed E-state index contributed by atoms with van der Waals surface area (Å²) in [7, 11) is 0. The number of hydrogen-bond acceptors (Lipinski definition) is 5. The van der Waals surface area contributed by atoms with Gasteiger partial charge >= 0.3 is 0 Å². The third-order valence-corrected chi connectivity index (χ3v) is 3.46. The average molecular weight is 327 g/mol. The summed E-state index contributed by atoms with van der Waals surface area (Å²) in [6.07, 6.45) is 1.18. The number of nitrogens with one attached hydrogen (secondary N) is 2. The summed E-state index contributed by atoms with van der Waals surface area (Å²) in [5.74, 6) is -0.0649. The Hall–Kier alpha value is -0.400. The van der Waals surface area contributed by atoms with E-state index in [2.05, 4.69) is 20.5 Å². The van der Waals surface area contributed by atoms with Gasteiger partial charge in [-0.15, -0.1) is 36.2 Å². The molecule has 5 nitrogen and oxygen atoms in total. The first kappa shape index (κ1) is 18.6. The lowest BCUT2D eigenvalue weighted by Crippen LogP contribution is -2.27. The smallest absolute Gasteiger partial charge is 0.223 e. The molecule has 1 aromatic rings. The van der Waals surface area contributed by atoms with E-state index >= 15 is 0 Å². The molecule has 0 radical (unpaired) electrons. The molecule has 2 N–H and O–H groups in total. The van der Waals surface area contributed by atoms with Gasteiger partial charge in [0.05, 0.1) is 5.69 Å². The largest absolute Gasteiger partial charge is 0.315 e. The van der Waals surface area contributed by atoms with Gasteiger partial charge in [-0.3, -0.25) is 9.69 Å². The Labute approximate surface area is 130 Å². The van der Waals surface area contributed by atoms with Gasteiger partial charge in [-0.05, 0) is 19.5 Å². The lowest BCUT2D eigenvalue weighted by Gasteiger charge is -2.17. The van der Waals surface area contributed by atoms with Crippen molar-refractivity contribution in [3.05, 3.63) is 11.1 Å².